The van der Waals surface area contributed by atoms with Crippen LogP contribution in [0.4, 0.5) is 5.69 Å². The van der Waals surface area contributed by atoms with Gasteiger partial charge in [-0.2, -0.15) is 0 Å². The monoisotopic (exact) mass is 447 g/mol. The molecule has 0 unspecified atom stereocenters. The zero-order valence-electron chi connectivity index (χ0n) is 19.0. The van der Waals surface area contributed by atoms with Gasteiger partial charge in [0.15, 0.2) is 0 Å². The third-order valence-electron chi connectivity index (χ3n) is 6.13. The normalized spacial score (nSPS) is 16.7. The third kappa shape index (κ3) is 4.92. The summed E-state index contributed by atoms with van der Waals surface area (Å²) in [5, 5.41) is 2.89. The number of nitrogens with zero attached hydrogens (tertiary/aromatic N) is 2. The second-order valence-electron chi connectivity index (χ2n) is 8.45. The lowest BCUT2D eigenvalue weighted by Gasteiger charge is -2.32. The minimum Gasteiger partial charge on any atom is -0.494 e. The topological polar surface area (TPSA) is 79.0 Å². The number of nitrogens with one attached hydrogen (secondary N) is 1. The summed E-state index contributed by atoms with van der Waals surface area (Å²) in [4.78, 5) is 41.3. The SMILES string of the molecule is CCOc1ccccc1CNC(=O)c1ccc(N2C(=O)C=C(N3CCC(C)CC3)C2=O)cc1. The summed E-state index contributed by atoms with van der Waals surface area (Å²) >= 11 is 0. The fourth-order valence-electron chi connectivity index (χ4n) is 4.16. The summed E-state index contributed by atoms with van der Waals surface area (Å²) in [5.41, 5.74) is 2.26. The van der Waals surface area contributed by atoms with Gasteiger partial charge in [-0.1, -0.05) is 25.1 Å². The lowest BCUT2D eigenvalue weighted by molar-refractivity contribution is -0.121. The van der Waals surface area contributed by atoms with E-state index in [0.29, 0.717) is 36.0 Å². The molecule has 2 aromatic rings. The standard InChI is InChI=1S/C26H29N3O4/c1-3-33-23-7-5-4-6-20(23)17-27-25(31)19-8-10-21(11-9-19)29-24(30)16-22(26(29)32)28-14-12-18(2)13-15-28/h4-11,16,18H,3,12-15,17H2,1-2H3,(H,27,31). The van der Waals surface area contributed by atoms with Crippen molar-refractivity contribution in [1.29, 1.82) is 0 Å². The average Bonchev–Trinajstić information content (AvgIpc) is 3.13. The Bertz CT molecular complexity index is 1070. The molecule has 2 heterocycles. The van der Waals surface area contributed by atoms with Gasteiger partial charge in [0, 0.05) is 36.8 Å². The van der Waals surface area contributed by atoms with Crippen LogP contribution < -0.4 is 15.0 Å². The molecular weight excluding hydrogens is 418 g/mol. The maximum absolute atomic E-state index is 13.0. The van der Waals surface area contributed by atoms with Crippen LogP contribution in [0.3, 0.4) is 0 Å². The van der Waals surface area contributed by atoms with Crippen LogP contribution in [0.15, 0.2) is 60.3 Å². The molecule has 2 aromatic carbocycles. The van der Waals surface area contributed by atoms with Gasteiger partial charge in [0.2, 0.25) is 0 Å². The van der Waals surface area contributed by atoms with Crippen molar-refractivity contribution in [3.05, 3.63) is 71.4 Å². The number of piperidine rings is 1. The molecule has 3 amide bonds. The van der Waals surface area contributed by atoms with E-state index in [1.165, 1.54) is 11.0 Å². The number of likely N-dealkylation sites (tertiary alicyclic amines) is 1. The van der Waals surface area contributed by atoms with E-state index in [1.807, 2.05) is 36.1 Å². The summed E-state index contributed by atoms with van der Waals surface area (Å²) in [6.45, 7) is 6.57. The first-order valence-electron chi connectivity index (χ1n) is 11.4. The van der Waals surface area contributed by atoms with Crippen LogP contribution in [0.25, 0.3) is 0 Å². The summed E-state index contributed by atoms with van der Waals surface area (Å²) in [6, 6.07) is 14.1. The average molecular weight is 448 g/mol. The predicted molar refractivity (Wildman–Crippen MR) is 126 cm³/mol. The van der Waals surface area contributed by atoms with Gasteiger partial charge < -0.3 is 15.0 Å². The van der Waals surface area contributed by atoms with Gasteiger partial charge in [0.25, 0.3) is 17.7 Å². The van der Waals surface area contributed by atoms with E-state index < -0.39 is 0 Å². The molecule has 2 aliphatic heterocycles. The van der Waals surface area contributed by atoms with Crippen molar-refractivity contribution in [2.75, 3.05) is 24.6 Å². The van der Waals surface area contributed by atoms with Gasteiger partial charge in [-0.15, -0.1) is 0 Å². The molecule has 7 heteroatoms. The highest BCUT2D eigenvalue weighted by molar-refractivity contribution is 6.30. The van der Waals surface area contributed by atoms with Gasteiger partial charge >= 0.3 is 0 Å². The maximum atomic E-state index is 13.0. The van der Waals surface area contributed by atoms with E-state index in [2.05, 4.69) is 12.2 Å². The molecule has 1 N–H and O–H groups in total. The fourth-order valence-corrected chi connectivity index (χ4v) is 4.16. The second kappa shape index (κ2) is 9.90. The molecule has 2 aliphatic rings. The van der Waals surface area contributed by atoms with Crippen molar-refractivity contribution >= 4 is 23.4 Å². The van der Waals surface area contributed by atoms with E-state index in [9.17, 15) is 14.4 Å². The number of carbonyl (C=O) groups is 3. The Morgan fingerprint density at radius 3 is 2.45 bits per heavy atom. The molecule has 0 bridgehead atoms. The Balaban J connectivity index is 1.40. The number of ether oxygens (including phenoxy) is 1. The lowest BCUT2D eigenvalue weighted by atomic mass is 9.99. The van der Waals surface area contributed by atoms with E-state index >= 15 is 0 Å². The van der Waals surface area contributed by atoms with Crippen LogP contribution >= 0.6 is 0 Å². The van der Waals surface area contributed by atoms with Gasteiger partial charge in [-0.3, -0.25) is 14.4 Å². The van der Waals surface area contributed by atoms with Crippen LogP contribution in [-0.2, 0) is 16.1 Å². The predicted octanol–water partition coefficient (Wildman–Crippen LogP) is 3.50. The second-order valence-corrected chi connectivity index (χ2v) is 8.45. The summed E-state index contributed by atoms with van der Waals surface area (Å²) in [6.07, 6.45) is 3.45. The van der Waals surface area contributed by atoms with Crippen LogP contribution in [0.2, 0.25) is 0 Å². The molecule has 0 aliphatic carbocycles. The number of carbonyl (C=O) groups excluding carboxylic acids is 3. The highest BCUT2D eigenvalue weighted by atomic mass is 16.5. The molecule has 0 radical (unpaired) electrons. The number of rotatable bonds is 7. The van der Waals surface area contributed by atoms with Crippen molar-refractivity contribution in [2.24, 2.45) is 5.92 Å². The van der Waals surface area contributed by atoms with E-state index in [-0.39, 0.29) is 17.7 Å². The van der Waals surface area contributed by atoms with Crippen molar-refractivity contribution in [2.45, 2.75) is 33.2 Å². The Hall–Kier alpha value is -3.61. The molecule has 0 aromatic heterocycles. The summed E-state index contributed by atoms with van der Waals surface area (Å²) in [7, 11) is 0. The first-order chi connectivity index (χ1) is 16.0. The molecule has 1 saturated heterocycles. The van der Waals surface area contributed by atoms with Crippen LogP contribution in [0, 0.1) is 5.92 Å². The Morgan fingerprint density at radius 1 is 1.06 bits per heavy atom. The number of hydrogen-bond acceptors (Lipinski definition) is 5. The third-order valence-corrected chi connectivity index (χ3v) is 6.13. The Kier molecular flexibility index (Phi) is 6.77. The lowest BCUT2D eigenvalue weighted by Crippen LogP contribution is -2.38. The Labute approximate surface area is 194 Å². The number of imide groups is 1. The molecule has 1 fully saturated rings. The quantitative estimate of drug-likeness (QED) is 0.658. The van der Waals surface area contributed by atoms with Crippen molar-refractivity contribution in [3.8, 4) is 5.75 Å². The molecule has 0 saturated carbocycles. The van der Waals surface area contributed by atoms with E-state index in [1.54, 1.807) is 24.3 Å². The van der Waals surface area contributed by atoms with Crippen LogP contribution in [0.5, 0.6) is 5.75 Å². The number of hydrogen-bond donors (Lipinski definition) is 1. The van der Waals surface area contributed by atoms with Gasteiger partial charge in [0.05, 0.1) is 12.3 Å². The zero-order chi connectivity index (χ0) is 23.4. The molecule has 0 spiro atoms. The van der Waals surface area contributed by atoms with Gasteiger partial charge in [-0.25, -0.2) is 4.90 Å². The van der Waals surface area contributed by atoms with Crippen LogP contribution in [-0.4, -0.2) is 42.3 Å². The zero-order valence-corrected chi connectivity index (χ0v) is 19.0. The largest absolute Gasteiger partial charge is 0.494 e. The number of benzene rings is 2. The molecule has 7 nitrogen and oxygen atoms in total. The van der Waals surface area contributed by atoms with E-state index in [0.717, 1.165) is 37.2 Å². The summed E-state index contributed by atoms with van der Waals surface area (Å²) in [5.74, 6) is 0.482. The first kappa shape index (κ1) is 22.6. The number of anilines is 1. The van der Waals surface area contributed by atoms with Gasteiger partial charge in [-0.05, 0) is 56.0 Å². The smallest absolute Gasteiger partial charge is 0.281 e. The number of para-hydroxylation sites is 1. The molecule has 4 rings (SSSR count). The maximum Gasteiger partial charge on any atom is 0.281 e. The first-order valence-corrected chi connectivity index (χ1v) is 11.4. The van der Waals surface area contributed by atoms with Crippen LogP contribution in [0.1, 0.15) is 42.6 Å². The number of amides is 3. The minimum atomic E-state index is -0.349. The highest BCUT2D eigenvalue weighted by Gasteiger charge is 2.36. The summed E-state index contributed by atoms with van der Waals surface area (Å²) < 4.78 is 5.60. The molecule has 33 heavy (non-hydrogen) atoms. The minimum absolute atomic E-state index is 0.242. The van der Waals surface area contributed by atoms with Crippen molar-refractivity contribution in [1.82, 2.24) is 10.2 Å². The van der Waals surface area contributed by atoms with Gasteiger partial charge in [0.1, 0.15) is 11.4 Å². The van der Waals surface area contributed by atoms with Crippen molar-refractivity contribution in [3.63, 3.8) is 0 Å². The van der Waals surface area contributed by atoms with E-state index in [4.69, 9.17) is 4.74 Å². The highest BCUT2D eigenvalue weighted by Crippen LogP contribution is 2.28. The Morgan fingerprint density at radius 2 is 1.76 bits per heavy atom. The molecule has 0 atom stereocenters. The fraction of sp³-hybridized carbons (Fsp3) is 0.346. The van der Waals surface area contributed by atoms with Crippen molar-refractivity contribution < 1.29 is 19.1 Å². The molecular formula is C26H29N3O4. The molecule has 172 valence electrons.